The molecular weight excluding hydrogens is 216 g/mol. The molecule has 0 atom stereocenters. The third kappa shape index (κ3) is 3.79. The molecule has 0 bridgehead atoms. The summed E-state index contributed by atoms with van der Waals surface area (Å²) in [6.45, 7) is 4.24. The van der Waals surface area contributed by atoms with Gasteiger partial charge in [0.05, 0.1) is 0 Å². The van der Waals surface area contributed by atoms with Gasteiger partial charge in [-0.3, -0.25) is 0 Å². The average Bonchev–Trinajstić information content (AvgIpc) is 2.39. The van der Waals surface area contributed by atoms with Crippen molar-refractivity contribution in [3.05, 3.63) is 70.8 Å². The molecule has 0 radical (unpaired) electrons. The van der Waals surface area contributed by atoms with Gasteiger partial charge < -0.3 is 0 Å². The molecule has 0 saturated heterocycles. The first-order valence-corrected chi connectivity index (χ1v) is 5.95. The molecule has 0 N–H and O–H groups in total. The van der Waals surface area contributed by atoms with Crippen molar-refractivity contribution >= 4 is 0 Å². The molecule has 0 amide bonds. The minimum atomic E-state index is 0. The van der Waals surface area contributed by atoms with Crippen LogP contribution in [0.4, 0.5) is 0 Å². The zero-order valence-electron chi connectivity index (χ0n) is 10.3. The summed E-state index contributed by atoms with van der Waals surface area (Å²) >= 11 is 0. The molecular formula is C18H20. The Morgan fingerprint density at radius 3 is 1.67 bits per heavy atom. The second-order valence-electron chi connectivity index (χ2n) is 4.17. The van der Waals surface area contributed by atoms with Crippen molar-refractivity contribution in [3.63, 3.8) is 0 Å². The minimum Gasteiger partial charge on any atom is -0.0776 e. The molecule has 0 spiro atoms. The maximum absolute atomic E-state index is 3.18. The van der Waals surface area contributed by atoms with Gasteiger partial charge in [-0.15, -0.1) is 0 Å². The van der Waals surface area contributed by atoms with Gasteiger partial charge in [0.25, 0.3) is 0 Å². The van der Waals surface area contributed by atoms with Crippen molar-refractivity contribution in [2.24, 2.45) is 0 Å². The largest absolute Gasteiger partial charge is 0.0776 e. The van der Waals surface area contributed by atoms with Crippen LogP contribution in [0.1, 0.15) is 36.6 Å². The summed E-state index contributed by atoms with van der Waals surface area (Å²) in [6, 6.07) is 16.7. The first-order chi connectivity index (χ1) is 8.28. The predicted octanol–water partition coefficient (Wildman–Crippen LogP) is 4.59. The van der Waals surface area contributed by atoms with E-state index in [1.807, 2.05) is 0 Å². The second kappa shape index (κ2) is 6.67. The van der Waals surface area contributed by atoms with E-state index in [2.05, 4.69) is 74.2 Å². The van der Waals surface area contributed by atoms with Crippen LogP contribution >= 0.6 is 0 Å². The van der Waals surface area contributed by atoms with Gasteiger partial charge in [0.2, 0.25) is 0 Å². The van der Waals surface area contributed by atoms with Crippen LogP contribution in [0.25, 0.3) is 0 Å². The molecule has 2 rings (SSSR count). The Kier molecular flexibility index (Phi) is 5.21. The highest BCUT2D eigenvalue weighted by Crippen LogP contribution is 2.05. The average molecular weight is 236 g/mol. The minimum absolute atomic E-state index is 0. The first-order valence-electron chi connectivity index (χ1n) is 5.95. The van der Waals surface area contributed by atoms with Crippen LogP contribution < -0.4 is 0 Å². The number of hydrogen-bond donors (Lipinski definition) is 0. The molecule has 18 heavy (non-hydrogen) atoms. The maximum Gasteiger partial charge on any atom is 0.0249 e. The van der Waals surface area contributed by atoms with Gasteiger partial charge in [0.15, 0.2) is 0 Å². The van der Waals surface area contributed by atoms with E-state index in [9.17, 15) is 0 Å². The Labute approximate surface area is 111 Å². The Morgan fingerprint density at radius 1 is 0.778 bits per heavy atom. The van der Waals surface area contributed by atoms with Gasteiger partial charge in [0.1, 0.15) is 0 Å². The van der Waals surface area contributed by atoms with E-state index in [0.29, 0.717) is 0 Å². The van der Waals surface area contributed by atoms with Crippen molar-refractivity contribution in [2.75, 3.05) is 0 Å². The topological polar surface area (TPSA) is 0 Å². The van der Waals surface area contributed by atoms with Crippen molar-refractivity contribution < 1.29 is 0 Å². The SMILES string of the molecule is C.CCc1ccc(C#Cc2ccc(C)cc2)cc1. The Balaban J connectivity index is 0.00000162. The molecule has 0 aliphatic rings. The number of benzene rings is 2. The Bertz CT molecular complexity index is 533. The highest BCUT2D eigenvalue weighted by Gasteiger charge is 1.89. The van der Waals surface area contributed by atoms with E-state index in [1.165, 1.54) is 11.1 Å². The third-order valence-corrected chi connectivity index (χ3v) is 2.76. The highest BCUT2D eigenvalue weighted by atomic mass is 13.9. The first kappa shape index (κ1) is 14.1. The van der Waals surface area contributed by atoms with Crippen molar-refractivity contribution in [1.29, 1.82) is 0 Å². The van der Waals surface area contributed by atoms with Crippen molar-refractivity contribution in [2.45, 2.75) is 27.7 Å². The lowest BCUT2D eigenvalue weighted by Gasteiger charge is -1.95. The fourth-order valence-corrected chi connectivity index (χ4v) is 1.61. The lowest BCUT2D eigenvalue weighted by atomic mass is 10.1. The Hall–Kier alpha value is -2.00. The normalized spacial score (nSPS) is 9.00. The molecule has 0 aliphatic carbocycles. The van der Waals surface area contributed by atoms with E-state index in [0.717, 1.165) is 17.5 Å². The fraction of sp³-hybridized carbons (Fsp3) is 0.222. The predicted molar refractivity (Wildman–Crippen MR) is 79.7 cm³/mol. The number of aryl methyl sites for hydroxylation is 2. The van der Waals surface area contributed by atoms with E-state index in [4.69, 9.17) is 0 Å². The van der Waals surface area contributed by atoms with Gasteiger partial charge >= 0.3 is 0 Å². The summed E-state index contributed by atoms with van der Waals surface area (Å²) in [4.78, 5) is 0. The number of rotatable bonds is 1. The van der Waals surface area contributed by atoms with Crippen LogP contribution in [0.15, 0.2) is 48.5 Å². The second-order valence-corrected chi connectivity index (χ2v) is 4.17. The number of hydrogen-bond acceptors (Lipinski definition) is 0. The van der Waals surface area contributed by atoms with E-state index in [-0.39, 0.29) is 7.43 Å². The monoisotopic (exact) mass is 236 g/mol. The molecule has 0 fully saturated rings. The molecule has 0 heteroatoms. The van der Waals surface area contributed by atoms with Gasteiger partial charge in [-0.1, -0.05) is 56.0 Å². The van der Waals surface area contributed by atoms with Crippen LogP contribution in [-0.2, 0) is 6.42 Å². The van der Waals surface area contributed by atoms with Gasteiger partial charge in [-0.2, -0.15) is 0 Å². The van der Waals surface area contributed by atoms with Gasteiger partial charge in [0, 0.05) is 11.1 Å². The summed E-state index contributed by atoms with van der Waals surface area (Å²) in [5.74, 6) is 6.36. The molecule has 0 heterocycles. The van der Waals surface area contributed by atoms with Crippen LogP contribution in [-0.4, -0.2) is 0 Å². The van der Waals surface area contributed by atoms with Crippen LogP contribution in [0.3, 0.4) is 0 Å². The van der Waals surface area contributed by atoms with Crippen LogP contribution in [0.2, 0.25) is 0 Å². The molecule has 0 aliphatic heterocycles. The van der Waals surface area contributed by atoms with Crippen molar-refractivity contribution in [1.82, 2.24) is 0 Å². The Morgan fingerprint density at radius 2 is 1.22 bits per heavy atom. The molecule has 2 aromatic rings. The molecule has 0 nitrogen and oxygen atoms in total. The molecule has 0 aromatic heterocycles. The standard InChI is InChI=1S/C17H16.CH4/c1-3-15-8-10-17(11-9-15)13-12-16-6-4-14(2)5-7-16;/h4-11H,3H2,1-2H3;1H4. The van der Waals surface area contributed by atoms with Gasteiger partial charge in [-0.25, -0.2) is 0 Å². The van der Waals surface area contributed by atoms with Crippen molar-refractivity contribution in [3.8, 4) is 11.8 Å². The summed E-state index contributed by atoms with van der Waals surface area (Å²) < 4.78 is 0. The summed E-state index contributed by atoms with van der Waals surface area (Å²) in [5, 5.41) is 0. The quantitative estimate of drug-likeness (QED) is 0.635. The van der Waals surface area contributed by atoms with E-state index >= 15 is 0 Å². The maximum atomic E-state index is 3.18. The molecule has 0 unspecified atom stereocenters. The summed E-state index contributed by atoms with van der Waals surface area (Å²) in [7, 11) is 0. The molecule has 92 valence electrons. The lowest BCUT2D eigenvalue weighted by molar-refractivity contribution is 1.14. The van der Waals surface area contributed by atoms with Crippen LogP contribution in [0.5, 0.6) is 0 Å². The highest BCUT2D eigenvalue weighted by molar-refractivity contribution is 5.43. The zero-order chi connectivity index (χ0) is 12.1. The summed E-state index contributed by atoms with van der Waals surface area (Å²) in [5.41, 5.74) is 4.76. The van der Waals surface area contributed by atoms with E-state index in [1.54, 1.807) is 0 Å². The van der Waals surface area contributed by atoms with Crippen LogP contribution in [0, 0.1) is 18.8 Å². The molecule has 2 aromatic carbocycles. The molecule has 0 saturated carbocycles. The lowest BCUT2D eigenvalue weighted by Crippen LogP contribution is -1.80. The zero-order valence-corrected chi connectivity index (χ0v) is 10.3. The summed E-state index contributed by atoms with van der Waals surface area (Å²) in [6.07, 6.45) is 1.08. The van der Waals surface area contributed by atoms with Gasteiger partial charge in [-0.05, 0) is 43.2 Å². The fourth-order valence-electron chi connectivity index (χ4n) is 1.61. The smallest absolute Gasteiger partial charge is 0.0249 e. The third-order valence-electron chi connectivity index (χ3n) is 2.76. The van der Waals surface area contributed by atoms with E-state index < -0.39 is 0 Å².